The molecular formula is C21H39NO. The van der Waals surface area contributed by atoms with Gasteiger partial charge in [0, 0.05) is 18.7 Å². The second-order valence-electron chi connectivity index (χ2n) is 7.27. The summed E-state index contributed by atoms with van der Waals surface area (Å²) in [4.78, 5) is 15.0. The second-order valence-corrected chi connectivity index (χ2v) is 7.27. The number of amides is 1. The lowest BCUT2D eigenvalue weighted by Gasteiger charge is -2.29. The maximum Gasteiger partial charge on any atom is 0.249 e. The first-order chi connectivity index (χ1) is 11.2. The lowest BCUT2D eigenvalue weighted by molar-refractivity contribution is -0.128. The Hall–Kier alpha value is -0.790. The van der Waals surface area contributed by atoms with Crippen LogP contribution in [0.5, 0.6) is 0 Å². The number of hydrogen-bond donors (Lipinski definition) is 0. The maximum atomic E-state index is 12.9. The molecule has 1 fully saturated rings. The van der Waals surface area contributed by atoms with E-state index >= 15 is 0 Å². The average Bonchev–Trinajstić information content (AvgIpc) is 2.60. The first-order valence-electron chi connectivity index (χ1n) is 10.2. The van der Waals surface area contributed by atoms with Crippen LogP contribution in [0.1, 0.15) is 97.3 Å². The Kier molecular flexibility index (Phi) is 11.1. The van der Waals surface area contributed by atoms with Gasteiger partial charge in [0.15, 0.2) is 0 Å². The van der Waals surface area contributed by atoms with E-state index in [-0.39, 0.29) is 5.91 Å². The van der Waals surface area contributed by atoms with Crippen LogP contribution in [0.4, 0.5) is 0 Å². The Morgan fingerprint density at radius 3 is 1.87 bits per heavy atom. The van der Waals surface area contributed by atoms with E-state index in [1.165, 1.54) is 70.6 Å². The third-order valence-corrected chi connectivity index (χ3v) is 5.22. The largest absolute Gasteiger partial charge is 0.339 e. The fraction of sp³-hybridized carbons (Fsp3) is 0.857. The summed E-state index contributed by atoms with van der Waals surface area (Å²) in [5.74, 6) is 0.704. The molecule has 0 aromatic carbocycles. The predicted octanol–water partition coefficient (Wildman–Crippen LogP) is 6.11. The molecule has 0 spiro atoms. The molecule has 0 aliphatic heterocycles. The van der Waals surface area contributed by atoms with E-state index in [1.807, 2.05) is 0 Å². The third kappa shape index (κ3) is 8.04. The minimum atomic E-state index is 0.255. The van der Waals surface area contributed by atoms with Crippen molar-refractivity contribution < 1.29 is 4.79 Å². The lowest BCUT2D eigenvalue weighted by atomic mass is 9.84. The van der Waals surface area contributed by atoms with Crippen molar-refractivity contribution in [2.24, 2.45) is 5.92 Å². The molecule has 1 saturated carbocycles. The van der Waals surface area contributed by atoms with E-state index in [4.69, 9.17) is 0 Å². The van der Waals surface area contributed by atoms with Crippen molar-refractivity contribution >= 4 is 5.91 Å². The molecule has 0 radical (unpaired) electrons. The summed E-state index contributed by atoms with van der Waals surface area (Å²) in [6.45, 7) is 10.5. The Balaban J connectivity index is 2.49. The van der Waals surface area contributed by atoms with Gasteiger partial charge in [-0.3, -0.25) is 4.79 Å². The molecule has 0 unspecified atom stereocenters. The Morgan fingerprint density at radius 2 is 1.39 bits per heavy atom. The first kappa shape index (κ1) is 20.3. The van der Waals surface area contributed by atoms with Crippen molar-refractivity contribution in [3.8, 4) is 0 Å². The summed E-state index contributed by atoms with van der Waals surface area (Å²) in [5.41, 5.74) is 0.899. The molecule has 0 saturated heterocycles. The number of carbonyl (C=O) groups excluding carboxylic acids is 1. The zero-order valence-electron chi connectivity index (χ0n) is 15.7. The molecule has 2 heteroatoms. The van der Waals surface area contributed by atoms with Gasteiger partial charge in [0.1, 0.15) is 0 Å². The molecule has 1 amide bonds. The molecule has 0 heterocycles. The highest BCUT2D eigenvalue weighted by Crippen LogP contribution is 2.30. The van der Waals surface area contributed by atoms with Gasteiger partial charge in [-0.05, 0) is 31.6 Å². The summed E-state index contributed by atoms with van der Waals surface area (Å²) in [6.07, 6.45) is 16.0. The van der Waals surface area contributed by atoms with Gasteiger partial charge in [-0.1, -0.05) is 78.2 Å². The van der Waals surface area contributed by atoms with Crippen LogP contribution >= 0.6 is 0 Å². The van der Waals surface area contributed by atoms with Gasteiger partial charge in [-0.2, -0.15) is 0 Å². The number of rotatable bonds is 12. The summed E-state index contributed by atoms with van der Waals surface area (Å²) >= 11 is 0. The van der Waals surface area contributed by atoms with Crippen LogP contribution in [0, 0.1) is 5.92 Å². The van der Waals surface area contributed by atoms with E-state index in [9.17, 15) is 4.79 Å². The van der Waals surface area contributed by atoms with Crippen LogP contribution in [0.15, 0.2) is 12.2 Å². The second kappa shape index (κ2) is 12.6. The van der Waals surface area contributed by atoms with Crippen molar-refractivity contribution in [1.82, 2.24) is 4.90 Å². The molecule has 0 bridgehead atoms. The molecule has 1 aliphatic rings. The zero-order chi connectivity index (χ0) is 16.9. The molecule has 0 atom stereocenters. The van der Waals surface area contributed by atoms with Crippen LogP contribution in [-0.2, 0) is 4.79 Å². The molecule has 134 valence electrons. The monoisotopic (exact) mass is 321 g/mol. The summed E-state index contributed by atoms with van der Waals surface area (Å²) in [5, 5.41) is 0. The van der Waals surface area contributed by atoms with E-state index < -0.39 is 0 Å². The highest BCUT2D eigenvalue weighted by Gasteiger charge is 2.24. The Morgan fingerprint density at radius 1 is 0.870 bits per heavy atom. The number of carbonyl (C=O) groups is 1. The molecule has 1 rings (SSSR count). The Labute approximate surface area is 144 Å². The van der Waals surface area contributed by atoms with Crippen LogP contribution < -0.4 is 0 Å². The minimum absolute atomic E-state index is 0.255. The van der Waals surface area contributed by atoms with Crippen molar-refractivity contribution in [1.29, 1.82) is 0 Å². The molecule has 23 heavy (non-hydrogen) atoms. The van der Waals surface area contributed by atoms with Crippen LogP contribution in [0.2, 0.25) is 0 Å². The first-order valence-corrected chi connectivity index (χ1v) is 10.2. The van der Waals surface area contributed by atoms with Crippen LogP contribution in [0.3, 0.4) is 0 Å². The maximum absolute atomic E-state index is 12.9. The Bertz CT molecular complexity index is 319. The third-order valence-electron chi connectivity index (χ3n) is 5.22. The van der Waals surface area contributed by atoms with E-state index in [0.717, 1.165) is 31.5 Å². The predicted molar refractivity (Wildman–Crippen MR) is 101 cm³/mol. The van der Waals surface area contributed by atoms with E-state index in [0.29, 0.717) is 5.92 Å². The molecule has 0 aromatic rings. The van der Waals surface area contributed by atoms with Crippen molar-refractivity contribution in [3.63, 3.8) is 0 Å². The molecule has 0 N–H and O–H groups in total. The van der Waals surface area contributed by atoms with Gasteiger partial charge >= 0.3 is 0 Å². The van der Waals surface area contributed by atoms with Crippen molar-refractivity contribution in [2.45, 2.75) is 97.3 Å². The highest BCUT2D eigenvalue weighted by molar-refractivity contribution is 5.93. The van der Waals surface area contributed by atoms with Crippen LogP contribution in [-0.4, -0.2) is 23.9 Å². The topological polar surface area (TPSA) is 20.3 Å². The average molecular weight is 322 g/mol. The van der Waals surface area contributed by atoms with Gasteiger partial charge in [-0.15, -0.1) is 0 Å². The summed E-state index contributed by atoms with van der Waals surface area (Å²) in [6, 6.07) is 0. The fourth-order valence-electron chi connectivity index (χ4n) is 3.60. The summed E-state index contributed by atoms with van der Waals surface area (Å²) < 4.78 is 0. The summed E-state index contributed by atoms with van der Waals surface area (Å²) in [7, 11) is 0. The van der Waals surface area contributed by atoms with Crippen molar-refractivity contribution in [2.75, 3.05) is 13.1 Å². The fourth-order valence-corrected chi connectivity index (χ4v) is 3.60. The SMILES string of the molecule is C=C(C(=O)N(CCCCCC)CCCCCC)C1CCCCC1. The minimum Gasteiger partial charge on any atom is -0.339 e. The van der Waals surface area contributed by atoms with E-state index in [1.54, 1.807) is 0 Å². The zero-order valence-corrected chi connectivity index (χ0v) is 15.7. The normalized spacial score (nSPS) is 15.6. The number of hydrogen-bond acceptors (Lipinski definition) is 1. The van der Waals surface area contributed by atoms with Crippen molar-refractivity contribution in [3.05, 3.63) is 12.2 Å². The van der Waals surface area contributed by atoms with Crippen LogP contribution in [0.25, 0.3) is 0 Å². The standard InChI is InChI=1S/C21H39NO/c1-4-6-8-13-17-22(18-14-9-7-5-2)21(23)19(3)20-15-11-10-12-16-20/h20H,3-18H2,1-2H3. The highest BCUT2D eigenvalue weighted by atomic mass is 16.2. The molecular weight excluding hydrogens is 282 g/mol. The van der Waals surface area contributed by atoms with Gasteiger partial charge in [0.2, 0.25) is 5.91 Å². The van der Waals surface area contributed by atoms with Gasteiger partial charge in [0.25, 0.3) is 0 Å². The number of unbranched alkanes of at least 4 members (excludes halogenated alkanes) is 6. The number of nitrogens with zero attached hydrogens (tertiary/aromatic N) is 1. The van der Waals surface area contributed by atoms with Gasteiger partial charge < -0.3 is 4.90 Å². The smallest absolute Gasteiger partial charge is 0.249 e. The molecule has 0 aromatic heterocycles. The molecule has 1 aliphatic carbocycles. The molecule has 2 nitrogen and oxygen atoms in total. The van der Waals surface area contributed by atoms with Gasteiger partial charge in [0.05, 0.1) is 0 Å². The van der Waals surface area contributed by atoms with E-state index in [2.05, 4.69) is 25.3 Å². The van der Waals surface area contributed by atoms with Gasteiger partial charge in [-0.25, -0.2) is 0 Å². The quantitative estimate of drug-likeness (QED) is 0.313. The lowest BCUT2D eigenvalue weighted by Crippen LogP contribution is -2.36.